The van der Waals surface area contributed by atoms with E-state index in [1.807, 2.05) is 54.6 Å². The Morgan fingerprint density at radius 2 is 1.76 bits per heavy atom. The average Bonchev–Trinajstić information content (AvgIpc) is 2.62. The maximum atomic E-state index is 13.0. The molecule has 0 fully saturated rings. The maximum absolute atomic E-state index is 13.0. The summed E-state index contributed by atoms with van der Waals surface area (Å²) in [6, 6.07) is 17.6. The Kier molecular flexibility index (Phi) is 5.09. The molecule has 25 heavy (non-hydrogen) atoms. The predicted octanol–water partition coefficient (Wildman–Crippen LogP) is 5.99. The summed E-state index contributed by atoms with van der Waals surface area (Å²) >= 11 is 3.58. The highest BCUT2D eigenvalue weighted by atomic mass is 79.9. The number of rotatable bonds is 4. The molecule has 0 heterocycles. The van der Waals surface area contributed by atoms with Crippen molar-refractivity contribution in [3.8, 4) is 5.75 Å². The molecule has 3 aromatic rings. The average molecular weight is 398 g/mol. The lowest BCUT2D eigenvalue weighted by molar-refractivity contribution is 0.102. The standard InChI is InChI=1S/C21H20BrNO2/c1-13(2)15-9-6-7-11-18(15)23-21(24)17-12-14-8-4-5-10-16(14)19(22)20(17)25-3/h4-13H,1-3H3,(H,23,24). The second-order valence-electron chi connectivity index (χ2n) is 6.19. The summed E-state index contributed by atoms with van der Waals surface area (Å²) in [7, 11) is 1.58. The Morgan fingerprint density at radius 1 is 1.08 bits per heavy atom. The number of nitrogens with one attached hydrogen (secondary N) is 1. The number of halogens is 1. The van der Waals surface area contributed by atoms with Crippen molar-refractivity contribution in [3.63, 3.8) is 0 Å². The number of anilines is 1. The van der Waals surface area contributed by atoms with Crippen LogP contribution < -0.4 is 10.1 Å². The van der Waals surface area contributed by atoms with Gasteiger partial charge in [-0.2, -0.15) is 0 Å². The van der Waals surface area contributed by atoms with Crippen LogP contribution in [0.1, 0.15) is 35.7 Å². The summed E-state index contributed by atoms with van der Waals surface area (Å²) in [4.78, 5) is 13.0. The molecule has 0 unspecified atom stereocenters. The van der Waals surface area contributed by atoms with E-state index in [1.165, 1.54) is 0 Å². The minimum absolute atomic E-state index is 0.184. The van der Waals surface area contributed by atoms with Crippen molar-refractivity contribution in [2.75, 3.05) is 12.4 Å². The quantitative estimate of drug-likeness (QED) is 0.587. The molecule has 3 aromatic carbocycles. The van der Waals surface area contributed by atoms with Crippen LogP contribution in [0, 0.1) is 0 Å². The van der Waals surface area contributed by atoms with Crippen molar-refractivity contribution in [2.45, 2.75) is 19.8 Å². The van der Waals surface area contributed by atoms with Gasteiger partial charge in [0, 0.05) is 5.69 Å². The normalized spacial score (nSPS) is 10.9. The molecule has 0 saturated carbocycles. The van der Waals surface area contributed by atoms with Gasteiger partial charge in [-0.05, 0) is 50.3 Å². The van der Waals surface area contributed by atoms with Gasteiger partial charge in [-0.1, -0.05) is 56.3 Å². The molecule has 0 aromatic heterocycles. The Morgan fingerprint density at radius 3 is 2.48 bits per heavy atom. The van der Waals surface area contributed by atoms with E-state index in [2.05, 4.69) is 35.1 Å². The molecule has 0 aliphatic rings. The number of methoxy groups -OCH3 is 1. The van der Waals surface area contributed by atoms with E-state index in [4.69, 9.17) is 4.74 Å². The molecule has 0 atom stereocenters. The molecule has 0 spiro atoms. The number of carbonyl (C=O) groups excluding carboxylic acids is 1. The van der Waals surface area contributed by atoms with E-state index >= 15 is 0 Å². The number of para-hydroxylation sites is 1. The molecule has 0 saturated heterocycles. The lowest BCUT2D eigenvalue weighted by Crippen LogP contribution is -2.15. The van der Waals surface area contributed by atoms with Crippen LogP contribution in [0.15, 0.2) is 59.1 Å². The van der Waals surface area contributed by atoms with Gasteiger partial charge in [0.15, 0.2) is 0 Å². The summed E-state index contributed by atoms with van der Waals surface area (Å²) in [5.41, 5.74) is 2.44. The van der Waals surface area contributed by atoms with Gasteiger partial charge < -0.3 is 10.1 Å². The summed E-state index contributed by atoms with van der Waals surface area (Å²) in [5, 5.41) is 5.03. The van der Waals surface area contributed by atoms with E-state index in [0.717, 1.165) is 26.5 Å². The molecule has 0 bridgehead atoms. The van der Waals surface area contributed by atoms with Crippen LogP contribution >= 0.6 is 15.9 Å². The van der Waals surface area contributed by atoms with Gasteiger partial charge in [0.1, 0.15) is 5.75 Å². The highest BCUT2D eigenvalue weighted by molar-refractivity contribution is 9.10. The predicted molar refractivity (Wildman–Crippen MR) is 107 cm³/mol. The Hall–Kier alpha value is -2.33. The zero-order chi connectivity index (χ0) is 18.0. The molecular formula is C21H20BrNO2. The van der Waals surface area contributed by atoms with Crippen LogP contribution in [0.4, 0.5) is 5.69 Å². The van der Waals surface area contributed by atoms with Crippen LogP contribution in [0.3, 0.4) is 0 Å². The van der Waals surface area contributed by atoms with Crippen molar-refractivity contribution in [2.24, 2.45) is 0 Å². The van der Waals surface area contributed by atoms with E-state index in [-0.39, 0.29) is 5.91 Å². The van der Waals surface area contributed by atoms with Gasteiger partial charge in [0.2, 0.25) is 0 Å². The number of fused-ring (bicyclic) bond motifs is 1. The fourth-order valence-corrected chi connectivity index (χ4v) is 3.69. The first-order valence-electron chi connectivity index (χ1n) is 8.18. The van der Waals surface area contributed by atoms with Gasteiger partial charge in [0.05, 0.1) is 17.1 Å². The lowest BCUT2D eigenvalue weighted by atomic mass is 10.0. The van der Waals surface area contributed by atoms with Crippen molar-refractivity contribution >= 4 is 38.3 Å². The van der Waals surface area contributed by atoms with Crippen molar-refractivity contribution in [3.05, 3.63) is 70.2 Å². The van der Waals surface area contributed by atoms with Crippen LogP contribution in [0.25, 0.3) is 10.8 Å². The van der Waals surface area contributed by atoms with Crippen LogP contribution in [0.5, 0.6) is 5.75 Å². The zero-order valence-corrected chi connectivity index (χ0v) is 16.1. The van der Waals surface area contributed by atoms with E-state index in [0.29, 0.717) is 17.2 Å². The number of hydrogen-bond donors (Lipinski definition) is 1. The highest BCUT2D eigenvalue weighted by Crippen LogP contribution is 2.37. The van der Waals surface area contributed by atoms with Gasteiger partial charge in [-0.25, -0.2) is 0 Å². The number of ether oxygens (including phenoxy) is 1. The summed E-state index contributed by atoms with van der Waals surface area (Å²) in [6.45, 7) is 4.22. The molecular weight excluding hydrogens is 378 g/mol. The molecule has 128 valence electrons. The topological polar surface area (TPSA) is 38.3 Å². The van der Waals surface area contributed by atoms with Crippen LogP contribution in [0.2, 0.25) is 0 Å². The molecule has 0 aliphatic carbocycles. The number of carbonyl (C=O) groups is 1. The van der Waals surface area contributed by atoms with Crippen molar-refractivity contribution < 1.29 is 9.53 Å². The van der Waals surface area contributed by atoms with Gasteiger partial charge in [0.25, 0.3) is 5.91 Å². The number of amides is 1. The summed E-state index contributed by atoms with van der Waals surface area (Å²) < 4.78 is 6.30. The van der Waals surface area contributed by atoms with Crippen molar-refractivity contribution in [1.82, 2.24) is 0 Å². The monoisotopic (exact) mass is 397 g/mol. The third-order valence-electron chi connectivity index (χ3n) is 4.22. The number of benzene rings is 3. The van der Waals surface area contributed by atoms with E-state index in [1.54, 1.807) is 7.11 Å². The van der Waals surface area contributed by atoms with Gasteiger partial charge >= 0.3 is 0 Å². The largest absolute Gasteiger partial charge is 0.495 e. The van der Waals surface area contributed by atoms with E-state index < -0.39 is 0 Å². The molecule has 0 radical (unpaired) electrons. The van der Waals surface area contributed by atoms with Crippen LogP contribution in [-0.4, -0.2) is 13.0 Å². The minimum atomic E-state index is -0.184. The highest BCUT2D eigenvalue weighted by Gasteiger charge is 2.19. The first-order valence-corrected chi connectivity index (χ1v) is 8.97. The Labute approximate surface area is 156 Å². The fraction of sp³-hybridized carbons (Fsp3) is 0.190. The fourth-order valence-electron chi connectivity index (χ4n) is 2.96. The summed E-state index contributed by atoms with van der Waals surface area (Å²) in [6.07, 6.45) is 0. The summed E-state index contributed by atoms with van der Waals surface area (Å²) in [5.74, 6) is 0.677. The zero-order valence-electron chi connectivity index (χ0n) is 14.5. The third-order valence-corrected chi connectivity index (χ3v) is 5.01. The maximum Gasteiger partial charge on any atom is 0.259 e. The number of hydrogen-bond acceptors (Lipinski definition) is 2. The Balaban J connectivity index is 2.06. The van der Waals surface area contributed by atoms with Gasteiger partial charge in [-0.15, -0.1) is 0 Å². The molecule has 3 nitrogen and oxygen atoms in total. The molecule has 3 rings (SSSR count). The lowest BCUT2D eigenvalue weighted by Gasteiger charge is -2.16. The molecule has 1 N–H and O–H groups in total. The Bertz CT molecular complexity index is 934. The van der Waals surface area contributed by atoms with E-state index in [9.17, 15) is 4.79 Å². The van der Waals surface area contributed by atoms with Crippen LogP contribution in [-0.2, 0) is 0 Å². The first kappa shape index (κ1) is 17.5. The first-order chi connectivity index (χ1) is 12.0. The van der Waals surface area contributed by atoms with Gasteiger partial charge in [-0.3, -0.25) is 4.79 Å². The molecule has 0 aliphatic heterocycles. The second-order valence-corrected chi connectivity index (χ2v) is 6.98. The third kappa shape index (κ3) is 3.40. The minimum Gasteiger partial charge on any atom is -0.495 e. The smallest absolute Gasteiger partial charge is 0.259 e. The SMILES string of the molecule is COc1c(C(=O)Nc2ccccc2C(C)C)cc2ccccc2c1Br. The molecule has 1 amide bonds. The second kappa shape index (κ2) is 7.28. The molecule has 4 heteroatoms. The van der Waals surface area contributed by atoms with Crippen molar-refractivity contribution in [1.29, 1.82) is 0 Å².